The Morgan fingerprint density at radius 1 is 0.977 bits per heavy atom. The Balaban J connectivity index is 1.19. The summed E-state index contributed by atoms with van der Waals surface area (Å²) in [4.78, 5) is 51.9. The number of aromatic nitrogens is 3. The molecule has 1 aliphatic carbocycles. The molecule has 4 aromatic rings. The number of likely N-dealkylation sites (N-methyl/N-ethyl adjacent to an activating group) is 2. The van der Waals surface area contributed by atoms with Crippen LogP contribution in [0.5, 0.6) is 5.06 Å². The molecule has 13 heteroatoms. The highest BCUT2D eigenvalue weighted by Gasteiger charge is 2.32. The Morgan fingerprint density at radius 3 is 2.50 bits per heavy atom. The normalized spacial score (nSPS) is 16.9. The summed E-state index contributed by atoms with van der Waals surface area (Å²) in [5.74, 6) is -0.998. The highest BCUT2D eigenvalue weighted by atomic mass is 32.1. The van der Waals surface area contributed by atoms with Crippen molar-refractivity contribution in [1.29, 1.82) is 0 Å². The summed E-state index contributed by atoms with van der Waals surface area (Å²) in [6.07, 6.45) is 4.78. The lowest BCUT2D eigenvalue weighted by molar-refractivity contribution is -0.139. The van der Waals surface area contributed by atoms with Crippen molar-refractivity contribution >= 4 is 40.7 Å². The van der Waals surface area contributed by atoms with Gasteiger partial charge in [-0.2, -0.15) is 0 Å². The Hall–Kier alpha value is -4.62. The summed E-state index contributed by atoms with van der Waals surface area (Å²) in [7, 11) is 5.29. The van der Waals surface area contributed by atoms with Crippen molar-refractivity contribution in [3.63, 3.8) is 0 Å². The molecule has 0 bridgehead atoms. The topological polar surface area (TPSA) is 122 Å². The van der Waals surface area contributed by atoms with Crippen molar-refractivity contribution in [2.45, 2.75) is 31.7 Å². The number of piperazine rings is 1. The molecule has 2 aliphatic rings. The van der Waals surface area contributed by atoms with Gasteiger partial charge < -0.3 is 19.5 Å². The summed E-state index contributed by atoms with van der Waals surface area (Å²) in [5, 5.41) is 5.89. The van der Waals surface area contributed by atoms with Crippen LogP contribution in [0.25, 0.3) is 11.4 Å². The number of benzene rings is 1. The molecule has 0 saturated carbocycles. The predicted octanol–water partition coefficient (Wildman–Crippen LogP) is 4.72. The second kappa shape index (κ2) is 12.2. The van der Waals surface area contributed by atoms with Gasteiger partial charge in [-0.05, 0) is 74.2 Å². The smallest absolute Gasteiger partial charge is 0.399 e. The van der Waals surface area contributed by atoms with Crippen molar-refractivity contribution in [2.75, 3.05) is 37.8 Å². The lowest BCUT2D eigenvalue weighted by Gasteiger charge is -2.37. The van der Waals surface area contributed by atoms with Gasteiger partial charge in [0.15, 0.2) is 22.5 Å². The van der Waals surface area contributed by atoms with Crippen LogP contribution in [0.1, 0.15) is 34.9 Å². The molecule has 0 unspecified atom stereocenters. The number of carbonyl (C=O) groups excluding carboxylic acids is 2. The summed E-state index contributed by atoms with van der Waals surface area (Å²) >= 11 is 1.43. The third kappa shape index (κ3) is 6.06. The van der Waals surface area contributed by atoms with E-state index in [1.54, 1.807) is 31.1 Å². The second-order valence-corrected chi connectivity index (χ2v) is 12.1. The van der Waals surface area contributed by atoms with Crippen LogP contribution in [0.3, 0.4) is 0 Å². The first-order valence-corrected chi connectivity index (χ1v) is 15.1. The Kier molecular flexibility index (Phi) is 8.15. The predicted molar refractivity (Wildman–Crippen MR) is 166 cm³/mol. The third-order valence-corrected chi connectivity index (χ3v) is 9.01. The van der Waals surface area contributed by atoms with Crippen LogP contribution in [-0.4, -0.2) is 63.5 Å². The van der Waals surface area contributed by atoms with Crippen molar-refractivity contribution in [3.8, 4) is 16.5 Å². The number of halogens is 1. The molecule has 6 rings (SSSR count). The Bertz CT molecular complexity index is 1770. The van der Waals surface area contributed by atoms with Gasteiger partial charge in [-0.3, -0.25) is 19.8 Å². The molecule has 3 aromatic heterocycles. The monoisotopic (exact) mass is 617 g/mol. The number of anilines is 3. The van der Waals surface area contributed by atoms with E-state index in [0.29, 0.717) is 17.3 Å². The lowest BCUT2D eigenvalue weighted by Crippen LogP contribution is -2.48. The zero-order valence-corrected chi connectivity index (χ0v) is 25.4. The third-order valence-electron chi connectivity index (χ3n) is 7.90. The Labute approximate surface area is 257 Å². The number of fused-ring (bicyclic) bond motifs is 1. The fourth-order valence-corrected chi connectivity index (χ4v) is 6.54. The number of rotatable bonds is 6. The Morgan fingerprint density at radius 2 is 1.73 bits per heavy atom. The van der Waals surface area contributed by atoms with E-state index in [9.17, 15) is 18.8 Å². The molecule has 0 spiro atoms. The minimum atomic E-state index is -0.848. The number of aryl methyl sites for hydroxylation is 3. The summed E-state index contributed by atoms with van der Waals surface area (Å²) in [5.41, 5.74) is 2.77. The van der Waals surface area contributed by atoms with Gasteiger partial charge >= 0.3 is 6.09 Å². The number of pyridine rings is 1. The maximum atomic E-state index is 14.7. The fourth-order valence-electron chi connectivity index (χ4n) is 5.44. The first-order valence-electron chi connectivity index (χ1n) is 14.3. The van der Waals surface area contributed by atoms with Crippen molar-refractivity contribution in [3.05, 3.63) is 80.8 Å². The number of thiophene rings is 1. The second-order valence-electron chi connectivity index (χ2n) is 11.0. The van der Waals surface area contributed by atoms with Crippen LogP contribution in [0.4, 0.5) is 26.5 Å². The van der Waals surface area contributed by atoms with Gasteiger partial charge in [-0.25, -0.2) is 19.2 Å². The molecule has 11 nitrogen and oxygen atoms in total. The van der Waals surface area contributed by atoms with Gasteiger partial charge in [0.2, 0.25) is 5.91 Å². The van der Waals surface area contributed by atoms with Crippen molar-refractivity contribution < 1.29 is 18.7 Å². The summed E-state index contributed by atoms with van der Waals surface area (Å²) in [6.45, 7) is 1.45. The van der Waals surface area contributed by atoms with Gasteiger partial charge in [0, 0.05) is 43.9 Å². The lowest BCUT2D eigenvalue weighted by atomic mass is 10.00. The minimum Gasteiger partial charge on any atom is -0.399 e. The van der Waals surface area contributed by atoms with E-state index in [-0.39, 0.29) is 40.5 Å². The number of nitrogens with zero attached hydrogens (tertiary/aromatic N) is 5. The van der Waals surface area contributed by atoms with Crippen LogP contribution in [-0.2, 0) is 24.7 Å². The van der Waals surface area contributed by atoms with Crippen LogP contribution < -0.4 is 20.9 Å². The number of carbonyl (C=O) groups is 2. The van der Waals surface area contributed by atoms with Crippen LogP contribution in [0.15, 0.2) is 53.5 Å². The maximum absolute atomic E-state index is 14.7. The molecular formula is C31H32FN7O4S. The van der Waals surface area contributed by atoms with E-state index in [4.69, 9.17) is 4.74 Å². The molecule has 228 valence electrons. The summed E-state index contributed by atoms with van der Waals surface area (Å²) in [6, 6.07) is 11.3. The van der Waals surface area contributed by atoms with Gasteiger partial charge in [-0.1, -0.05) is 12.1 Å². The molecule has 1 saturated heterocycles. The molecule has 2 amide bonds. The van der Waals surface area contributed by atoms with E-state index in [1.807, 2.05) is 30.1 Å². The average molecular weight is 618 g/mol. The van der Waals surface area contributed by atoms with Crippen molar-refractivity contribution in [1.82, 2.24) is 24.3 Å². The summed E-state index contributed by atoms with van der Waals surface area (Å²) < 4.78 is 21.4. The highest BCUT2D eigenvalue weighted by Crippen LogP contribution is 2.35. The number of hydrogen-bond donors (Lipinski definition) is 2. The zero-order valence-electron chi connectivity index (χ0n) is 24.6. The SMILES string of the molecule is CN1CCN(C)[C@@H](c2ccc(Nc3nc(-c4ccc(F)c(NC(=O)Oc5cc6c(s5)CCCC6)n4)cn(C)c3=O)cc2)C1=O. The first kappa shape index (κ1) is 29.5. The molecular weight excluding hydrogens is 585 g/mol. The molecule has 1 atom stereocenters. The van der Waals surface area contributed by atoms with Crippen LogP contribution in [0, 0.1) is 5.82 Å². The quantitative estimate of drug-likeness (QED) is 0.319. The van der Waals surface area contributed by atoms with E-state index >= 15 is 0 Å². The van der Waals surface area contributed by atoms with Gasteiger partial charge in [0.25, 0.3) is 5.56 Å². The molecule has 1 fully saturated rings. The highest BCUT2D eigenvalue weighted by molar-refractivity contribution is 7.14. The standard InChI is InChI=1S/C31H32FN7O4S/c1-37-14-15-38(2)29(40)26(37)18-8-10-20(11-9-18)33-28-30(41)39(3)17-23(35-28)22-13-12-21(32)27(34-22)36-31(42)43-25-16-19-6-4-5-7-24(19)44-25/h8-13,16-17,26H,4-7,14-15H2,1-3H3,(H,33,35)(H,34,36,42)/t26-/m0/s1. The molecule has 0 radical (unpaired) electrons. The van der Waals surface area contributed by atoms with E-state index in [0.717, 1.165) is 37.8 Å². The zero-order chi connectivity index (χ0) is 31.0. The van der Waals surface area contributed by atoms with Crippen LogP contribution in [0.2, 0.25) is 0 Å². The molecule has 2 N–H and O–H groups in total. The maximum Gasteiger partial charge on any atom is 0.419 e. The average Bonchev–Trinajstić information content (AvgIpc) is 3.41. The van der Waals surface area contributed by atoms with Gasteiger partial charge in [0.05, 0.1) is 5.69 Å². The number of ether oxygens (including phenoxy) is 1. The van der Waals surface area contributed by atoms with Crippen LogP contribution >= 0.6 is 11.3 Å². The van der Waals surface area contributed by atoms with E-state index in [2.05, 4.69) is 20.6 Å². The van der Waals surface area contributed by atoms with Gasteiger partial charge in [0.1, 0.15) is 11.7 Å². The van der Waals surface area contributed by atoms with Gasteiger partial charge in [-0.15, -0.1) is 11.3 Å². The van der Waals surface area contributed by atoms with Crippen molar-refractivity contribution in [2.24, 2.45) is 7.05 Å². The molecule has 4 heterocycles. The largest absolute Gasteiger partial charge is 0.419 e. The minimum absolute atomic E-state index is 0.0295. The van der Waals surface area contributed by atoms with E-state index < -0.39 is 11.9 Å². The number of nitrogens with one attached hydrogen (secondary N) is 2. The number of amides is 2. The number of hydrogen-bond acceptors (Lipinski definition) is 9. The first-order chi connectivity index (χ1) is 21.2. The van der Waals surface area contributed by atoms with E-state index in [1.165, 1.54) is 44.7 Å². The fraction of sp³-hybridized carbons (Fsp3) is 0.323. The molecule has 44 heavy (non-hydrogen) atoms. The molecule has 1 aliphatic heterocycles. The molecule has 1 aromatic carbocycles.